The summed E-state index contributed by atoms with van der Waals surface area (Å²) in [7, 11) is -3.22. The molecule has 0 aliphatic rings. The molecule has 4 nitrogen and oxygen atoms in total. The van der Waals surface area contributed by atoms with E-state index in [1.165, 1.54) is 30.8 Å². The molecule has 116 valence electrons. The molecule has 0 atom stereocenters. The molecule has 2 rings (SSSR count). The fourth-order valence-corrected chi connectivity index (χ4v) is 3.47. The molecule has 2 aromatic rings. The lowest BCUT2D eigenvalue weighted by Gasteiger charge is -2.09. The minimum atomic E-state index is -3.22. The third kappa shape index (κ3) is 4.50. The fourth-order valence-electron chi connectivity index (χ4n) is 1.68. The molecule has 0 bridgehead atoms. The van der Waals surface area contributed by atoms with Gasteiger partial charge in [0.15, 0.2) is 9.84 Å². The average molecular weight is 357 g/mol. The Kier molecular flexibility index (Phi) is 5.16. The van der Waals surface area contributed by atoms with Crippen LogP contribution in [0.25, 0.3) is 0 Å². The maximum atomic E-state index is 11.4. The van der Waals surface area contributed by atoms with E-state index in [2.05, 4.69) is 0 Å². The molecule has 0 N–H and O–H groups in total. The highest BCUT2D eigenvalue weighted by Crippen LogP contribution is 2.37. The minimum absolute atomic E-state index is 0.253. The quantitative estimate of drug-likeness (QED) is 0.615. The Morgan fingerprint density at radius 3 is 2.32 bits per heavy atom. The summed E-state index contributed by atoms with van der Waals surface area (Å²) in [5.41, 5.74) is 0. The summed E-state index contributed by atoms with van der Waals surface area (Å²) in [6.45, 7) is 1.32. The molecule has 0 aliphatic carbocycles. The van der Waals surface area contributed by atoms with Gasteiger partial charge in [-0.3, -0.25) is 4.79 Å². The highest BCUT2D eigenvalue weighted by atomic mass is 35.5. The van der Waals surface area contributed by atoms with Crippen molar-refractivity contribution in [3.05, 3.63) is 47.5 Å². The van der Waals surface area contributed by atoms with Gasteiger partial charge in [0.2, 0.25) is 0 Å². The van der Waals surface area contributed by atoms with Crippen LogP contribution < -0.4 is 4.74 Å². The van der Waals surface area contributed by atoms with Crippen molar-refractivity contribution < 1.29 is 17.9 Å². The van der Waals surface area contributed by atoms with E-state index in [-0.39, 0.29) is 4.90 Å². The predicted octanol–water partition coefficient (Wildman–Crippen LogP) is 3.82. The first-order chi connectivity index (χ1) is 10.3. The Bertz CT molecular complexity index is 799. The zero-order chi connectivity index (χ0) is 16.3. The SMILES string of the molecule is CC(=O)Oc1ccc(Cl)cc1Sc1ccc(S(C)(=O)=O)cc1. The molecule has 22 heavy (non-hydrogen) atoms. The maximum absolute atomic E-state index is 11.4. The Labute approximate surface area is 138 Å². The summed E-state index contributed by atoms with van der Waals surface area (Å²) < 4.78 is 28.0. The largest absolute Gasteiger partial charge is 0.426 e. The molecule has 0 amide bonds. The van der Waals surface area contributed by atoms with Gasteiger partial charge in [0.05, 0.1) is 9.79 Å². The van der Waals surface area contributed by atoms with E-state index in [0.29, 0.717) is 15.7 Å². The van der Waals surface area contributed by atoms with Gasteiger partial charge < -0.3 is 4.74 Å². The summed E-state index contributed by atoms with van der Waals surface area (Å²) in [5.74, 6) is -0.00862. The van der Waals surface area contributed by atoms with Gasteiger partial charge in [-0.2, -0.15) is 0 Å². The van der Waals surface area contributed by atoms with Crippen LogP contribution in [0.5, 0.6) is 5.75 Å². The van der Waals surface area contributed by atoms with Crippen LogP contribution in [0.15, 0.2) is 57.2 Å². The Balaban J connectivity index is 2.30. The van der Waals surface area contributed by atoms with Crippen LogP contribution in [0.1, 0.15) is 6.92 Å². The molecule has 0 saturated heterocycles. The predicted molar refractivity (Wildman–Crippen MR) is 86.4 cm³/mol. The van der Waals surface area contributed by atoms with E-state index >= 15 is 0 Å². The van der Waals surface area contributed by atoms with Crippen molar-refractivity contribution in [2.75, 3.05) is 6.26 Å². The lowest BCUT2D eigenvalue weighted by atomic mass is 10.3. The summed E-state index contributed by atoms with van der Waals surface area (Å²) >= 11 is 7.30. The van der Waals surface area contributed by atoms with Gasteiger partial charge in [0, 0.05) is 23.1 Å². The Morgan fingerprint density at radius 2 is 1.77 bits per heavy atom. The number of carbonyl (C=O) groups excluding carboxylic acids is 1. The summed E-state index contributed by atoms with van der Waals surface area (Å²) in [5, 5.41) is 0.520. The molecule has 0 aliphatic heterocycles. The standard InChI is InChI=1S/C15H13ClO4S2/c1-10(17)20-14-8-3-11(16)9-15(14)21-12-4-6-13(7-5-12)22(2,18)19/h3-9H,1-2H3. The summed E-state index contributed by atoms with van der Waals surface area (Å²) in [4.78, 5) is 12.9. The van der Waals surface area contributed by atoms with Crippen LogP contribution in [0.4, 0.5) is 0 Å². The van der Waals surface area contributed by atoms with Gasteiger partial charge in [0.1, 0.15) is 5.75 Å². The van der Waals surface area contributed by atoms with Crippen LogP contribution >= 0.6 is 23.4 Å². The number of rotatable bonds is 4. The topological polar surface area (TPSA) is 60.4 Å². The van der Waals surface area contributed by atoms with Crippen LogP contribution in [0.3, 0.4) is 0 Å². The van der Waals surface area contributed by atoms with Crippen LogP contribution in [0.2, 0.25) is 5.02 Å². The second-order valence-electron chi connectivity index (χ2n) is 4.53. The third-order valence-electron chi connectivity index (χ3n) is 2.64. The molecule has 0 fully saturated rings. The van der Waals surface area contributed by atoms with E-state index in [4.69, 9.17) is 16.3 Å². The number of ether oxygens (including phenoxy) is 1. The normalized spacial score (nSPS) is 11.2. The number of benzene rings is 2. The molecule has 7 heteroatoms. The lowest BCUT2D eigenvalue weighted by molar-refractivity contribution is -0.132. The maximum Gasteiger partial charge on any atom is 0.308 e. The van der Waals surface area contributed by atoms with E-state index in [1.54, 1.807) is 30.3 Å². The zero-order valence-electron chi connectivity index (χ0n) is 11.9. The number of halogens is 1. The molecule has 2 aromatic carbocycles. The van der Waals surface area contributed by atoms with Crippen molar-refractivity contribution in [2.45, 2.75) is 21.6 Å². The number of hydrogen-bond acceptors (Lipinski definition) is 5. The van der Waals surface area contributed by atoms with Crippen molar-refractivity contribution in [3.63, 3.8) is 0 Å². The van der Waals surface area contributed by atoms with Crippen LogP contribution in [-0.4, -0.2) is 20.6 Å². The molecular weight excluding hydrogens is 344 g/mol. The second-order valence-corrected chi connectivity index (χ2v) is 8.10. The first-order valence-electron chi connectivity index (χ1n) is 6.21. The van der Waals surface area contributed by atoms with E-state index in [1.807, 2.05) is 0 Å². The first kappa shape index (κ1) is 16.9. The van der Waals surface area contributed by atoms with Gasteiger partial charge >= 0.3 is 5.97 Å². The van der Waals surface area contributed by atoms with Crippen molar-refractivity contribution >= 4 is 39.2 Å². The molecule has 0 spiro atoms. The molecule has 0 heterocycles. The van der Waals surface area contributed by atoms with Crippen molar-refractivity contribution in [2.24, 2.45) is 0 Å². The molecule has 0 radical (unpaired) electrons. The number of sulfone groups is 1. The molecule has 0 saturated carbocycles. The zero-order valence-corrected chi connectivity index (χ0v) is 14.3. The van der Waals surface area contributed by atoms with Crippen molar-refractivity contribution in [1.82, 2.24) is 0 Å². The second kappa shape index (κ2) is 6.73. The van der Waals surface area contributed by atoms with Crippen molar-refractivity contribution in [1.29, 1.82) is 0 Å². The molecule has 0 aromatic heterocycles. The number of esters is 1. The average Bonchev–Trinajstić information content (AvgIpc) is 2.41. The Morgan fingerprint density at radius 1 is 1.14 bits per heavy atom. The third-order valence-corrected chi connectivity index (χ3v) is 5.05. The van der Waals surface area contributed by atoms with Crippen molar-refractivity contribution in [3.8, 4) is 5.75 Å². The van der Waals surface area contributed by atoms with Gasteiger partial charge in [-0.25, -0.2) is 8.42 Å². The lowest BCUT2D eigenvalue weighted by Crippen LogP contribution is -2.02. The number of carbonyl (C=O) groups is 1. The molecule has 0 unspecified atom stereocenters. The van der Waals surface area contributed by atoms with Gasteiger partial charge in [-0.05, 0) is 42.5 Å². The van der Waals surface area contributed by atoms with E-state index < -0.39 is 15.8 Å². The van der Waals surface area contributed by atoms with Crippen LogP contribution in [-0.2, 0) is 14.6 Å². The van der Waals surface area contributed by atoms with Crippen LogP contribution in [0, 0.1) is 0 Å². The smallest absolute Gasteiger partial charge is 0.308 e. The van der Waals surface area contributed by atoms with Gasteiger partial charge in [-0.15, -0.1) is 0 Å². The van der Waals surface area contributed by atoms with Gasteiger partial charge in [-0.1, -0.05) is 23.4 Å². The summed E-state index contributed by atoms with van der Waals surface area (Å²) in [6.07, 6.45) is 1.16. The monoisotopic (exact) mass is 356 g/mol. The summed E-state index contributed by atoms with van der Waals surface area (Å²) in [6, 6.07) is 11.4. The highest BCUT2D eigenvalue weighted by molar-refractivity contribution is 7.99. The van der Waals surface area contributed by atoms with Gasteiger partial charge in [0.25, 0.3) is 0 Å². The van der Waals surface area contributed by atoms with E-state index in [9.17, 15) is 13.2 Å². The minimum Gasteiger partial charge on any atom is -0.426 e. The fraction of sp³-hybridized carbons (Fsp3) is 0.133. The highest BCUT2D eigenvalue weighted by Gasteiger charge is 2.11. The Hall–Kier alpha value is -1.50. The van der Waals surface area contributed by atoms with E-state index in [0.717, 1.165) is 11.2 Å². The molecular formula is C15H13ClO4S2. The first-order valence-corrected chi connectivity index (χ1v) is 9.30. The number of hydrogen-bond donors (Lipinski definition) is 0.